The molecule has 1 atom stereocenters. The third-order valence-electron chi connectivity index (χ3n) is 0. The monoisotopic (exact) mass is 254 g/mol. The van der Waals surface area contributed by atoms with Crippen molar-refractivity contribution in [3.8, 4) is 0 Å². The number of hydrogen-bond acceptors (Lipinski definition) is 0. The molecule has 0 saturated carbocycles. The van der Waals surface area contributed by atoms with Crippen LogP contribution in [0.15, 0.2) is 0 Å². The fourth-order valence-corrected chi connectivity index (χ4v) is 0. The van der Waals surface area contributed by atoms with E-state index in [4.69, 9.17) is 0 Å². The average Bonchev–Trinajstić information content (AvgIpc) is 0. The Balaban J connectivity index is 0. The van der Waals surface area contributed by atoms with Gasteiger partial charge in [0.05, 0.1) is 0 Å². The molecule has 0 saturated heterocycles. The van der Waals surface area contributed by atoms with Crippen LogP contribution < -0.4 is 51.4 Å². The van der Waals surface area contributed by atoms with Gasteiger partial charge in [0, 0.05) is 11.3 Å². The fourth-order valence-electron chi connectivity index (χ4n) is 0. The first-order valence-electron chi connectivity index (χ1n) is 0. The minimum Gasteiger partial charge on any atom is -1.00 e. The second-order valence-corrected chi connectivity index (χ2v) is 0. The molecule has 0 rings (SSSR count). The van der Waals surface area contributed by atoms with E-state index in [1.807, 2.05) is 0 Å². The summed E-state index contributed by atoms with van der Waals surface area (Å²) in [4.78, 5) is 0. The normalized spacial score (nSPS) is 0. The molecule has 0 aromatic carbocycles. The van der Waals surface area contributed by atoms with Gasteiger partial charge < -0.3 is 1.43 Å². The molecule has 0 spiro atoms. The quantitative estimate of drug-likeness (QED) is 0.286. The van der Waals surface area contributed by atoms with E-state index >= 15 is 0 Å². The van der Waals surface area contributed by atoms with E-state index in [2.05, 4.69) is 0 Å². The third kappa shape index (κ3) is 29.2. The van der Waals surface area contributed by atoms with Crippen molar-refractivity contribution in [2.75, 3.05) is 0 Å². The molecule has 0 heterocycles. The van der Waals surface area contributed by atoms with Crippen molar-refractivity contribution in [3.05, 3.63) is 0 Å². The summed E-state index contributed by atoms with van der Waals surface area (Å²) in [5.41, 5.74) is 0. The van der Waals surface area contributed by atoms with E-state index < -0.39 is 0 Å². The Labute approximate surface area is 108 Å². The van der Waals surface area contributed by atoms with Gasteiger partial charge in [-0.05, 0) is 0 Å². The zero-order valence-corrected chi connectivity index (χ0v) is 9.97. The summed E-state index contributed by atoms with van der Waals surface area (Å²) >= 11 is 0. The number of rotatable bonds is 0. The Hall–Kier alpha value is 2.79. The average molecular weight is 254 g/mol. The van der Waals surface area contributed by atoms with Crippen LogP contribution in [-0.2, 0) is 0 Å². The minimum absolute atomic E-state index is 0. The van der Waals surface area contributed by atoms with Crippen LogP contribution >= 0.6 is 33.9 Å². The van der Waals surface area contributed by atoms with Gasteiger partial charge in [-0.25, -0.2) is 0 Å². The van der Waals surface area contributed by atoms with E-state index in [0.29, 0.717) is 0 Å². The summed E-state index contributed by atoms with van der Waals surface area (Å²) in [6.45, 7) is 0. The van der Waals surface area contributed by atoms with E-state index in [1.54, 1.807) is 0 Å². The van der Waals surface area contributed by atoms with Gasteiger partial charge in [-0.3, -0.25) is 4.70 Å². The van der Waals surface area contributed by atoms with Crippen LogP contribution in [0.3, 0.4) is 0 Å². The van der Waals surface area contributed by atoms with E-state index in [-0.39, 0.29) is 110 Å². The molecule has 5 heteroatoms. The molecule has 0 nitrogen and oxygen atoms in total. The molecule has 0 amide bonds. The molecule has 0 aromatic rings. The summed E-state index contributed by atoms with van der Waals surface area (Å²) in [7, 11) is 0. The van der Waals surface area contributed by atoms with Crippen LogP contribution in [-0.4, -0.2) is 8.41 Å². The van der Waals surface area contributed by atoms with Gasteiger partial charge in [-0.2, -0.15) is 9.90 Å². The molecular formula is CH14BFIKP. The number of hydrogen-bond donors (Lipinski definition) is 0. The molecule has 0 aliphatic carbocycles. The molecule has 0 aliphatic rings. The van der Waals surface area contributed by atoms with Crippen molar-refractivity contribution >= 4 is 42.3 Å². The van der Waals surface area contributed by atoms with Gasteiger partial charge in [0.1, 0.15) is 0 Å². The van der Waals surface area contributed by atoms with E-state index in [1.165, 1.54) is 0 Å². The second kappa shape index (κ2) is 46.1. The zero-order valence-electron chi connectivity index (χ0n) is 4.10. The Bertz CT molecular complexity index is 23.8. The van der Waals surface area contributed by atoms with Gasteiger partial charge in [-0.1, -0.05) is 7.43 Å². The molecule has 0 aromatic heterocycles. The van der Waals surface area contributed by atoms with Crippen LogP contribution in [0.4, 0.5) is 4.70 Å². The Kier molecular flexibility index (Phi) is 527. The zero-order chi connectivity index (χ0) is 0. The maximum atomic E-state index is 0. The Morgan fingerprint density at radius 2 is 1.50 bits per heavy atom. The molecule has 0 fully saturated rings. The molecular weight excluding hydrogens is 239 g/mol. The predicted molar refractivity (Wildman–Crippen MR) is 46.8 cm³/mol. The minimum atomic E-state index is 0. The van der Waals surface area contributed by atoms with Crippen molar-refractivity contribution < 1.29 is 60.4 Å². The van der Waals surface area contributed by atoms with E-state index in [9.17, 15) is 0 Å². The summed E-state index contributed by atoms with van der Waals surface area (Å²) in [5, 5.41) is 0. The summed E-state index contributed by atoms with van der Waals surface area (Å²) in [6.07, 6.45) is 0. The molecule has 1 unspecified atom stereocenters. The van der Waals surface area contributed by atoms with Crippen LogP contribution in [0.2, 0.25) is 0 Å². The summed E-state index contributed by atoms with van der Waals surface area (Å²) in [5.74, 6) is 0. The second-order valence-electron chi connectivity index (χ2n) is 0. The SMILES string of the molecule is C.F.I.P.[2HH].[B].[H-].[HH].[K+]. The van der Waals surface area contributed by atoms with Crippen LogP contribution in [0, 0.1) is 0 Å². The van der Waals surface area contributed by atoms with Crippen LogP contribution in [0.5, 0.6) is 0 Å². The molecule has 0 aliphatic heterocycles. The molecule has 0 bridgehead atoms. The van der Waals surface area contributed by atoms with Crippen LogP contribution in [0.1, 0.15) is 11.7 Å². The Morgan fingerprint density at radius 1 is 1.50 bits per heavy atom. The maximum absolute atomic E-state index is 0. The summed E-state index contributed by atoms with van der Waals surface area (Å²) in [6, 6.07) is 0. The largest absolute Gasteiger partial charge is 1.00 e. The number of halogens is 2. The van der Waals surface area contributed by atoms with Crippen molar-refractivity contribution in [1.82, 2.24) is 0 Å². The van der Waals surface area contributed by atoms with Crippen molar-refractivity contribution in [1.29, 1.82) is 0 Å². The van der Waals surface area contributed by atoms with Crippen molar-refractivity contribution in [3.63, 3.8) is 0 Å². The standard InChI is InChI=1S/CH4.B.FH.HI.K.H3P.2H2.H/h1H4;;2*1H;;1H3;2*1H;/q;;;;+1;;;;-1/i;;;;;;1+1;;. The molecule has 0 N–H and O–H groups in total. The van der Waals surface area contributed by atoms with Gasteiger partial charge in [-0.15, -0.1) is 24.0 Å². The molecule has 3 radical (unpaired) electrons. The maximum Gasteiger partial charge on any atom is 1.00 e. The van der Waals surface area contributed by atoms with Crippen molar-refractivity contribution in [2.24, 2.45) is 0 Å². The first-order valence-corrected chi connectivity index (χ1v) is 0. The predicted octanol–water partition coefficient (Wildman–Crippen LogP) is -1.31. The van der Waals surface area contributed by atoms with Gasteiger partial charge in [0.2, 0.25) is 0 Å². The first kappa shape index (κ1) is 68.5. The summed E-state index contributed by atoms with van der Waals surface area (Å²) < 4.78 is 0. The smallest absolute Gasteiger partial charge is 1.00 e. The topological polar surface area (TPSA) is 0 Å². The van der Waals surface area contributed by atoms with Crippen molar-refractivity contribution in [2.45, 2.75) is 7.43 Å². The van der Waals surface area contributed by atoms with E-state index in [0.717, 1.165) is 0 Å². The Morgan fingerprint density at radius 3 is 1.50 bits per heavy atom. The third-order valence-corrected chi connectivity index (χ3v) is 0. The van der Waals surface area contributed by atoms with Crippen LogP contribution in [0.25, 0.3) is 0 Å². The van der Waals surface area contributed by atoms with Gasteiger partial charge >= 0.3 is 51.4 Å². The molecule has 6 heavy (non-hydrogen) atoms. The van der Waals surface area contributed by atoms with Gasteiger partial charge in [0.15, 0.2) is 0 Å². The fraction of sp³-hybridized carbons (Fsp3) is 1.00. The molecule has 41 valence electrons. The van der Waals surface area contributed by atoms with Gasteiger partial charge in [0.25, 0.3) is 0 Å². The first-order chi connectivity index (χ1) is 0.